The third-order valence-electron chi connectivity index (χ3n) is 5.74. The van der Waals surface area contributed by atoms with Gasteiger partial charge < -0.3 is 14.6 Å². The van der Waals surface area contributed by atoms with Crippen LogP contribution in [-0.2, 0) is 15.9 Å². The lowest BCUT2D eigenvalue weighted by Crippen LogP contribution is -2.43. The van der Waals surface area contributed by atoms with Gasteiger partial charge in [0.25, 0.3) is 0 Å². The summed E-state index contributed by atoms with van der Waals surface area (Å²) in [6.45, 7) is 20.4. The summed E-state index contributed by atoms with van der Waals surface area (Å²) >= 11 is 0. The second-order valence-corrected chi connectivity index (χ2v) is 14.8. The fourth-order valence-electron chi connectivity index (χ4n) is 3.38. The average Bonchev–Trinajstić information content (AvgIpc) is 2.81. The van der Waals surface area contributed by atoms with Crippen molar-refractivity contribution in [3.8, 4) is 11.5 Å². The van der Waals surface area contributed by atoms with E-state index >= 15 is 0 Å². The highest BCUT2D eigenvalue weighted by Gasteiger charge is 2.51. The first kappa shape index (κ1) is 21.6. The zero-order chi connectivity index (χ0) is 20.6. The van der Waals surface area contributed by atoms with E-state index in [2.05, 4.69) is 87.2 Å². The minimum absolute atomic E-state index is 0.337. The first-order valence-electron chi connectivity index (χ1n) is 10.4. The Labute approximate surface area is 172 Å². The number of benzene rings is 1. The van der Waals surface area contributed by atoms with Gasteiger partial charge in [-0.3, -0.25) is 4.90 Å². The van der Waals surface area contributed by atoms with Crippen LogP contribution in [0.4, 0.5) is 0 Å². The Morgan fingerprint density at radius 2 is 1.64 bits per heavy atom. The van der Waals surface area contributed by atoms with Crippen LogP contribution in [0.5, 0.6) is 0 Å². The average molecular weight is 398 g/mol. The molecule has 2 saturated heterocycles. The van der Waals surface area contributed by atoms with Gasteiger partial charge in [-0.15, -0.1) is 5.54 Å². The van der Waals surface area contributed by atoms with Crippen molar-refractivity contribution in [1.29, 1.82) is 0 Å². The lowest BCUT2D eigenvalue weighted by atomic mass is 9.77. The summed E-state index contributed by atoms with van der Waals surface area (Å²) < 4.78 is 12.6. The molecule has 1 aromatic carbocycles. The topological polar surface area (TPSA) is 33.7 Å². The highest BCUT2D eigenvalue weighted by molar-refractivity contribution is 6.83. The predicted octanol–water partition coefficient (Wildman–Crippen LogP) is 2.62. The molecular formula is C22H35BN2O2Si. The fourth-order valence-corrected chi connectivity index (χ4v) is 3.90. The highest BCUT2D eigenvalue weighted by atomic mass is 28.3. The minimum atomic E-state index is -1.44. The second-order valence-electron chi connectivity index (χ2n) is 10.1. The van der Waals surface area contributed by atoms with Gasteiger partial charge in [0.1, 0.15) is 8.07 Å². The molecular weight excluding hydrogens is 363 g/mol. The van der Waals surface area contributed by atoms with E-state index in [0.717, 1.165) is 43.8 Å². The van der Waals surface area contributed by atoms with Crippen LogP contribution < -0.4 is 10.8 Å². The quantitative estimate of drug-likeness (QED) is 0.627. The lowest BCUT2D eigenvalue weighted by molar-refractivity contribution is 0.00578. The number of nitrogens with zero attached hydrogens (tertiary/aromatic N) is 1. The van der Waals surface area contributed by atoms with E-state index in [-0.39, 0.29) is 18.3 Å². The Kier molecular flexibility index (Phi) is 6.15. The Hall–Kier alpha value is -1.10. The van der Waals surface area contributed by atoms with E-state index < -0.39 is 8.07 Å². The highest BCUT2D eigenvalue weighted by Crippen LogP contribution is 2.36. The zero-order valence-corrected chi connectivity index (χ0v) is 19.6. The Morgan fingerprint density at radius 3 is 2.21 bits per heavy atom. The van der Waals surface area contributed by atoms with E-state index in [9.17, 15) is 0 Å². The van der Waals surface area contributed by atoms with Crippen LogP contribution in [0.2, 0.25) is 19.6 Å². The van der Waals surface area contributed by atoms with Crippen molar-refractivity contribution < 1.29 is 9.31 Å². The number of piperazine rings is 1. The summed E-state index contributed by atoms with van der Waals surface area (Å²) in [6, 6.07) is 6.63. The van der Waals surface area contributed by atoms with Crippen molar-refractivity contribution >= 4 is 20.7 Å². The molecule has 1 N–H and O–H groups in total. The van der Waals surface area contributed by atoms with Gasteiger partial charge in [-0.1, -0.05) is 31.6 Å². The Bertz CT molecular complexity index is 755. The molecule has 0 spiro atoms. The summed E-state index contributed by atoms with van der Waals surface area (Å²) in [4.78, 5) is 2.50. The molecule has 6 heteroatoms. The lowest BCUT2D eigenvalue weighted by Gasteiger charge is -2.32. The third-order valence-corrected chi connectivity index (χ3v) is 6.61. The van der Waals surface area contributed by atoms with Gasteiger partial charge in [0.05, 0.1) is 11.2 Å². The van der Waals surface area contributed by atoms with E-state index in [1.165, 1.54) is 5.56 Å². The third kappa shape index (κ3) is 5.28. The van der Waals surface area contributed by atoms with Crippen molar-refractivity contribution in [2.45, 2.75) is 65.1 Å². The molecule has 28 heavy (non-hydrogen) atoms. The van der Waals surface area contributed by atoms with Crippen LogP contribution >= 0.6 is 0 Å². The van der Waals surface area contributed by atoms with Crippen molar-refractivity contribution in [3.05, 3.63) is 29.3 Å². The van der Waals surface area contributed by atoms with Crippen LogP contribution in [0.1, 0.15) is 38.8 Å². The normalized spacial score (nSPS) is 22.0. The van der Waals surface area contributed by atoms with Gasteiger partial charge in [0.15, 0.2) is 0 Å². The van der Waals surface area contributed by atoms with E-state index in [1.807, 2.05) is 0 Å². The molecule has 2 fully saturated rings. The predicted molar refractivity (Wildman–Crippen MR) is 121 cm³/mol. The van der Waals surface area contributed by atoms with Gasteiger partial charge in [-0.25, -0.2) is 0 Å². The minimum Gasteiger partial charge on any atom is -0.399 e. The molecule has 0 saturated carbocycles. The standard InChI is InChI=1S/C22H35BN2O2Si/c1-21(2)22(3,4)27-23(26-21)20-15-18(8-13-28(5,6)7)14-19(16-20)17-25-11-9-24-10-12-25/h14-16,24H,9-12,17H2,1-7H3. The second kappa shape index (κ2) is 7.97. The maximum Gasteiger partial charge on any atom is 0.494 e. The molecule has 0 bridgehead atoms. The fraction of sp³-hybridized carbons (Fsp3) is 0.636. The van der Waals surface area contributed by atoms with Crippen molar-refractivity contribution in [3.63, 3.8) is 0 Å². The molecule has 152 valence electrons. The van der Waals surface area contributed by atoms with Crippen LogP contribution in [0.25, 0.3) is 0 Å². The molecule has 1 aromatic rings. The number of rotatable bonds is 3. The summed E-state index contributed by atoms with van der Waals surface area (Å²) in [5.41, 5.74) is 6.26. The molecule has 0 aromatic heterocycles. The largest absolute Gasteiger partial charge is 0.494 e. The van der Waals surface area contributed by atoms with E-state index in [4.69, 9.17) is 9.31 Å². The summed E-state index contributed by atoms with van der Waals surface area (Å²) in [5, 5.41) is 3.42. The summed E-state index contributed by atoms with van der Waals surface area (Å²) in [6.07, 6.45) is 0. The molecule has 2 aliphatic heterocycles. The maximum absolute atomic E-state index is 6.31. The first-order valence-corrected chi connectivity index (χ1v) is 13.9. The Balaban J connectivity index is 1.91. The van der Waals surface area contributed by atoms with Crippen molar-refractivity contribution in [2.24, 2.45) is 0 Å². The van der Waals surface area contributed by atoms with Crippen LogP contribution in [0, 0.1) is 11.5 Å². The monoisotopic (exact) mass is 398 g/mol. The smallest absolute Gasteiger partial charge is 0.399 e. The Morgan fingerprint density at radius 1 is 1.04 bits per heavy atom. The number of nitrogens with one attached hydrogen (secondary N) is 1. The molecule has 0 aliphatic carbocycles. The molecule has 0 unspecified atom stereocenters. The van der Waals surface area contributed by atoms with Gasteiger partial charge in [0.2, 0.25) is 0 Å². The molecule has 0 amide bonds. The van der Waals surface area contributed by atoms with Crippen LogP contribution in [0.15, 0.2) is 18.2 Å². The van der Waals surface area contributed by atoms with Crippen LogP contribution in [-0.4, -0.2) is 57.5 Å². The maximum atomic E-state index is 6.31. The van der Waals surface area contributed by atoms with E-state index in [0.29, 0.717) is 0 Å². The van der Waals surface area contributed by atoms with Gasteiger partial charge in [-0.2, -0.15) is 0 Å². The number of hydrogen-bond acceptors (Lipinski definition) is 4. The van der Waals surface area contributed by atoms with Gasteiger partial charge in [-0.05, 0) is 50.9 Å². The van der Waals surface area contributed by atoms with E-state index in [1.54, 1.807) is 0 Å². The van der Waals surface area contributed by atoms with Crippen molar-refractivity contribution in [1.82, 2.24) is 10.2 Å². The molecule has 0 atom stereocenters. The van der Waals surface area contributed by atoms with Gasteiger partial charge in [0, 0.05) is 38.3 Å². The molecule has 3 rings (SSSR count). The molecule has 2 aliphatic rings. The summed E-state index contributed by atoms with van der Waals surface area (Å²) in [5.74, 6) is 3.44. The SMILES string of the molecule is CC1(C)OB(c2cc(C#C[Si](C)(C)C)cc(CN3CCNCC3)c2)OC1(C)C. The van der Waals surface area contributed by atoms with Gasteiger partial charge >= 0.3 is 7.12 Å². The molecule has 4 nitrogen and oxygen atoms in total. The number of hydrogen-bond donors (Lipinski definition) is 1. The molecule has 0 radical (unpaired) electrons. The molecule has 2 heterocycles. The van der Waals surface area contributed by atoms with Crippen LogP contribution in [0.3, 0.4) is 0 Å². The van der Waals surface area contributed by atoms with Crippen molar-refractivity contribution in [2.75, 3.05) is 26.2 Å². The zero-order valence-electron chi connectivity index (χ0n) is 18.6. The summed E-state index contributed by atoms with van der Waals surface area (Å²) in [7, 11) is -1.78. The first-order chi connectivity index (χ1) is 13.0.